The summed E-state index contributed by atoms with van der Waals surface area (Å²) in [5, 5.41) is 21.9. The number of rotatable bonds is 5. The summed E-state index contributed by atoms with van der Waals surface area (Å²) >= 11 is 0. The highest BCUT2D eigenvalue weighted by Crippen LogP contribution is 2.24. The van der Waals surface area contributed by atoms with Crippen molar-refractivity contribution in [1.29, 1.82) is 0 Å². The SMILES string of the molecule is Cn1nccc1S(=O)(=O)N(CC(=O)O)c1ccc(O)cc1. The number of hydrogen-bond donors (Lipinski definition) is 2. The standard InChI is InChI=1S/C12H13N3O5S/c1-14-11(6-7-13-14)21(19,20)15(8-12(17)18)9-2-4-10(16)5-3-9/h2-7,16H,8H2,1H3,(H,17,18). The Labute approximate surface area is 120 Å². The van der Waals surface area contributed by atoms with Crippen LogP contribution in [0, 0.1) is 0 Å². The zero-order chi connectivity index (χ0) is 15.6. The topological polar surface area (TPSA) is 113 Å². The highest BCUT2D eigenvalue weighted by Gasteiger charge is 2.29. The van der Waals surface area contributed by atoms with Crippen molar-refractivity contribution >= 4 is 21.7 Å². The number of aliphatic carboxylic acids is 1. The van der Waals surface area contributed by atoms with Crippen molar-refractivity contribution in [2.24, 2.45) is 7.05 Å². The molecule has 0 atom stereocenters. The summed E-state index contributed by atoms with van der Waals surface area (Å²) in [6.07, 6.45) is 1.31. The second-order valence-electron chi connectivity index (χ2n) is 4.21. The van der Waals surface area contributed by atoms with Gasteiger partial charge in [0.25, 0.3) is 10.0 Å². The lowest BCUT2D eigenvalue weighted by Crippen LogP contribution is -2.36. The molecule has 0 fully saturated rings. The zero-order valence-corrected chi connectivity index (χ0v) is 11.9. The lowest BCUT2D eigenvalue weighted by molar-refractivity contribution is -0.135. The first-order valence-corrected chi connectivity index (χ1v) is 7.28. The van der Waals surface area contributed by atoms with E-state index in [4.69, 9.17) is 5.11 Å². The van der Waals surface area contributed by atoms with E-state index in [9.17, 15) is 18.3 Å². The smallest absolute Gasteiger partial charge is 0.324 e. The van der Waals surface area contributed by atoms with Crippen LogP contribution < -0.4 is 4.31 Å². The molecule has 0 amide bonds. The van der Waals surface area contributed by atoms with Crippen LogP contribution in [0.2, 0.25) is 0 Å². The van der Waals surface area contributed by atoms with E-state index in [2.05, 4.69) is 5.10 Å². The highest BCUT2D eigenvalue weighted by molar-refractivity contribution is 7.92. The third kappa shape index (κ3) is 2.97. The molecular formula is C12H13N3O5S. The largest absolute Gasteiger partial charge is 0.508 e. The molecule has 2 rings (SSSR count). The summed E-state index contributed by atoms with van der Waals surface area (Å²) in [5.41, 5.74) is 0.136. The first-order chi connectivity index (χ1) is 9.82. The van der Waals surface area contributed by atoms with Gasteiger partial charge >= 0.3 is 5.97 Å². The maximum Gasteiger partial charge on any atom is 0.324 e. The van der Waals surface area contributed by atoms with Crippen molar-refractivity contribution in [2.45, 2.75) is 5.03 Å². The van der Waals surface area contributed by atoms with Crippen LogP contribution in [0.5, 0.6) is 5.75 Å². The van der Waals surface area contributed by atoms with Crippen LogP contribution in [0.1, 0.15) is 0 Å². The molecule has 21 heavy (non-hydrogen) atoms. The van der Waals surface area contributed by atoms with Gasteiger partial charge in [-0.2, -0.15) is 13.5 Å². The van der Waals surface area contributed by atoms with Crippen molar-refractivity contribution in [3.8, 4) is 5.75 Å². The van der Waals surface area contributed by atoms with Gasteiger partial charge in [0.15, 0.2) is 5.03 Å². The van der Waals surface area contributed by atoms with Gasteiger partial charge in [0.2, 0.25) is 0 Å². The van der Waals surface area contributed by atoms with E-state index in [1.165, 1.54) is 43.6 Å². The summed E-state index contributed by atoms with van der Waals surface area (Å²) in [6.45, 7) is -0.738. The molecule has 0 unspecified atom stereocenters. The number of aryl methyl sites for hydroxylation is 1. The van der Waals surface area contributed by atoms with Gasteiger partial charge in [0.1, 0.15) is 12.3 Å². The van der Waals surface area contributed by atoms with Crippen molar-refractivity contribution in [3.05, 3.63) is 36.5 Å². The number of sulfonamides is 1. The van der Waals surface area contributed by atoms with Gasteiger partial charge in [-0.15, -0.1) is 0 Å². The molecule has 2 N–H and O–H groups in total. The summed E-state index contributed by atoms with van der Waals surface area (Å²) < 4.78 is 27.0. The molecule has 0 bridgehead atoms. The fourth-order valence-corrected chi connectivity index (χ4v) is 3.30. The van der Waals surface area contributed by atoms with Crippen LogP contribution in [-0.2, 0) is 21.9 Å². The highest BCUT2D eigenvalue weighted by atomic mass is 32.2. The second kappa shape index (κ2) is 5.44. The number of hydrogen-bond acceptors (Lipinski definition) is 5. The maximum absolute atomic E-state index is 12.6. The fourth-order valence-electron chi connectivity index (χ4n) is 1.78. The molecule has 112 valence electrons. The monoisotopic (exact) mass is 311 g/mol. The lowest BCUT2D eigenvalue weighted by Gasteiger charge is -2.22. The van der Waals surface area contributed by atoms with Crippen LogP contribution in [0.3, 0.4) is 0 Å². The molecule has 2 aromatic rings. The Hall–Kier alpha value is -2.55. The number of carboxylic acid groups (broad SMARTS) is 1. The second-order valence-corrected chi connectivity index (χ2v) is 6.02. The Bertz CT molecular complexity index is 751. The molecule has 0 saturated carbocycles. The van der Waals surface area contributed by atoms with E-state index >= 15 is 0 Å². The van der Waals surface area contributed by atoms with Gasteiger partial charge in [0, 0.05) is 7.05 Å². The minimum atomic E-state index is -4.08. The lowest BCUT2D eigenvalue weighted by atomic mass is 10.3. The van der Waals surface area contributed by atoms with E-state index < -0.39 is 22.5 Å². The summed E-state index contributed by atoms with van der Waals surface area (Å²) in [4.78, 5) is 11.0. The average molecular weight is 311 g/mol. The molecule has 9 heteroatoms. The molecule has 8 nitrogen and oxygen atoms in total. The first-order valence-electron chi connectivity index (χ1n) is 5.84. The number of anilines is 1. The molecule has 1 aromatic carbocycles. The van der Waals surface area contributed by atoms with E-state index in [1.54, 1.807) is 0 Å². The van der Waals surface area contributed by atoms with Gasteiger partial charge in [-0.1, -0.05) is 0 Å². The molecular weight excluding hydrogens is 298 g/mol. The van der Waals surface area contributed by atoms with Gasteiger partial charge in [0.05, 0.1) is 11.9 Å². The summed E-state index contributed by atoms with van der Waals surface area (Å²) in [7, 11) is -2.63. The Balaban J connectivity index is 2.52. The minimum absolute atomic E-state index is 0.0491. The van der Waals surface area contributed by atoms with Gasteiger partial charge in [-0.25, -0.2) is 0 Å². The van der Waals surface area contributed by atoms with Crippen LogP contribution in [0.4, 0.5) is 5.69 Å². The number of aromatic hydroxyl groups is 1. The van der Waals surface area contributed by atoms with Gasteiger partial charge < -0.3 is 10.2 Å². The van der Waals surface area contributed by atoms with Crippen LogP contribution in [-0.4, -0.2) is 40.9 Å². The van der Waals surface area contributed by atoms with E-state index in [0.29, 0.717) is 0 Å². The molecule has 1 aromatic heterocycles. The van der Waals surface area contributed by atoms with E-state index in [-0.39, 0.29) is 16.5 Å². The molecule has 0 radical (unpaired) electrons. The number of nitrogens with zero attached hydrogens (tertiary/aromatic N) is 3. The van der Waals surface area contributed by atoms with Crippen molar-refractivity contribution in [2.75, 3.05) is 10.8 Å². The van der Waals surface area contributed by atoms with Crippen molar-refractivity contribution in [3.63, 3.8) is 0 Å². The summed E-state index contributed by atoms with van der Waals surface area (Å²) in [6, 6.07) is 6.49. The number of phenols is 1. The average Bonchev–Trinajstić information content (AvgIpc) is 2.84. The normalized spacial score (nSPS) is 11.3. The fraction of sp³-hybridized carbons (Fsp3) is 0.167. The predicted molar refractivity (Wildman–Crippen MR) is 73.5 cm³/mol. The van der Waals surface area contributed by atoms with Crippen LogP contribution in [0.15, 0.2) is 41.6 Å². The number of carbonyl (C=O) groups is 1. The van der Waals surface area contributed by atoms with Gasteiger partial charge in [-0.05, 0) is 30.3 Å². The predicted octanol–water partition coefficient (Wildman–Crippen LogP) is 0.406. The zero-order valence-electron chi connectivity index (χ0n) is 11.0. The Kier molecular flexibility index (Phi) is 3.85. The molecule has 0 spiro atoms. The molecule has 1 heterocycles. The van der Waals surface area contributed by atoms with Crippen LogP contribution in [0.25, 0.3) is 0 Å². The van der Waals surface area contributed by atoms with E-state index in [0.717, 1.165) is 8.99 Å². The number of aromatic nitrogens is 2. The third-order valence-electron chi connectivity index (χ3n) is 2.75. The van der Waals surface area contributed by atoms with Gasteiger partial charge in [-0.3, -0.25) is 13.8 Å². The third-order valence-corrected chi connectivity index (χ3v) is 4.60. The minimum Gasteiger partial charge on any atom is -0.508 e. The molecule has 0 aliphatic carbocycles. The molecule has 0 aliphatic heterocycles. The molecule has 0 saturated heterocycles. The molecule has 0 aliphatic rings. The van der Waals surface area contributed by atoms with Crippen molar-refractivity contribution < 1.29 is 23.4 Å². The first kappa shape index (κ1) is 14.9. The number of phenolic OH excluding ortho intramolecular Hbond substituents is 1. The van der Waals surface area contributed by atoms with Crippen molar-refractivity contribution in [1.82, 2.24) is 9.78 Å². The van der Waals surface area contributed by atoms with E-state index in [1.807, 2.05) is 0 Å². The summed E-state index contributed by atoms with van der Waals surface area (Å²) in [5.74, 6) is -1.35. The Morgan fingerprint density at radius 3 is 2.38 bits per heavy atom. The quantitative estimate of drug-likeness (QED) is 0.826. The Morgan fingerprint density at radius 2 is 1.90 bits per heavy atom. The maximum atomic E-state index is 12.6. The van der Waals surface area contributed by atoms with Crippen LogP contribution >= 0.6 is 0 Å². The Morgan fingerprint density at radius 1 is 1.29 bits per heavy atom. The number of benzene rings is 1. The number of carboxylic acids is 1.